The molecular weight excluding hydrogens is 254 g/mol. The molecule has 0 aromatic rings. The van der Waals surface area contributed by atoms with E-state index >= 15 is 0 Å². The molecular formula is C15H33NO2Si. The van der Waals surface area contributed by atoms with Gasteiger partial charge in [0.2, 0.25) is 0 Å². The molecule has 4 heteroatoms. The molecule has 0 aromatic heterocycles. The molecule has 1 aliphatic carbocycles. The highest BCUT2D eigenvalue weighted by Crippen LogP contribution is 2.39. The Labute approximate surface area is 120 Å². The Morgan fingerprint density at radius 3 is 1.95 bits per heavy atom. The lowest BCUT2D eigenvalue weighted by molar-refractivity contribution is 0.165. The zero-order valence-corrected chi connectivity index (χ0v) is 14.0. The minimum atomic E-state index is -2.05. The second kappa shape index (κ2) is 9.92. The van der Waals surface area contributed by atoms with Gasteiger partial charge in [0.25, 0.3) is 0 Å². The highest BCUT2D eigenvalue weighted by atomic mass is 28.4. The fraction of sp³-hybridized carbons (Fsp3) is 1.00. The first-order valence-electron chi connectivity index (χ1n) is 8.27. The quantitative estimate of drug-likeness (QED) is 0.687. The largest absolute Gasteiger partial charge is 0.394 e. The average molecular weight is 288 g/mol. The minimum absolute atomic E-state index is 0.680. The van der Waals surface area contributed by atoms with Gasteiger partial charge in [0.15, 0.2) is 0 Å². The van der Waals surface area contributed by atoms with Crippen molar-refractivity contribution in [1.82, 2.24) is 0 Å². The topological polar surface area (TPSA) is 44.5 Å². The van der Waals surface area contributed by atoms with Crippen LogP contribution in [0.5, 0.6) is 0 Å². The SMILES string of the molecule is CCO[Si](CCCN)(OCC)C1CCCCCCC1. The lowest BCUT2D eigenvalue weighted by Gasteiger charge is -2.38. The van der Waals surface area contributed by atoms with E-state index in [1.807, 2.05) is 0 Å². The van der Waals surface area contributed by atoms with Crippen LogP contribution in [0.2, 0.25) is 11.6 Å². The van der Waals surface area contributed by atoms with Gasteiger partial charge in [-0.25, -0.2) is 0 Å². The lowest BCUT2D eigenvalue weighted by Crippen LogP contribution is -2.47. The zero-order chi connectivity index (χ0) is 14.0. The molecule has 0 saturated heterocycles. The summed E-state index contributed by atoms with van der Waals surface area (Å²) in [5.74, 6) is 0. The molecule has 0 bridgehead atoms. The number of hydrogen-bond acceptors (Lipinski definition) is 3. The van der Waals surface area contributed by atoms with Crippen LogP contribution in [-0.4, -0.2) is 28.3 Å². The fourth-order valence-electron chi connectivity index (χ4n) is 3.36. The molecule has 114 valence electrons. The second-order valence-electron chi connectivity index (χ2n) is 5.61. The van der Waals surface area contributed by atoms with Crippen molar-refractivity contribution < 1.29 is 8.85 Å². The van der Waals surface area contributed by atoms with E-state index in [0.29, 0.717) is 5.54 Å². The summed E-state index contributed by atoms with van der Waals surface area (Å²) >= 11 is 0. The highest BCUT2D eigenvalue weighted by Gasteiger charge is 2.44. The second-order valence-corrected chi connectivity index (χ2v) is 9.13. The van der Waals surface area contributed by atoms with Gasteiger partial charge in [-0.05, 0) is 45.7 Å². The molecule has 0 unspecified atom stereocenters. The summed E-state index contributed by atoms with van der Waals surface area (Å²) in [5, 5.41) is 0. The maximum Gasteiger partial charge on any atom is 0.341 e. The van der Waals surface area contributed by atoms with Gasteiger partial charge in [0.05, 0.1) is 0 Å². The Hall–Kier alpha value is 0.0969. The molecule has 3 nitrogen and oxygen atoms in total. The molecule has 1 aliphatic rings. The Balaban J connectivity index is 2.75. The van der Waals surface area contributed by atoms with Gasteiger partial charge in [0.1, 0.15) is 0 Å². The zero-order valence-electron chi connectivity index (χ0n) is 13.0. The number of hydrogen-bond donors (Lipinski definition) is 1. The summed E-state index contributed by atoms with van der Waals surface area (Å²) in [6, 6.07) is 1.08. The molecule has 0 radical (unpaired) electrons. The van der Waals surface area contributed by atoms with Gasteiger partial charge < -0.3 is 14.6 Å². The van der Waals surface area contributed by atoms with Gasteiger partial charge in [-0.3, -0.25) is 0 Å². The average Bonchev–Trinajstić information content (AvgIpc) is 2.36. The predicted octanol–water partition coefficient (Wildman–Crippen LogP) is 3.96. The van der Waals surface area contributed by atoms with E-state index in [2.05, 4.69) is 13.8 Å². The minimum Gasteiger partial charge on any atom is -0.394 e. The van der Waals surface area contributed by atoms with Crippen LogP contribution in [0.4, 0.5) is 0 Å². The van der Waals surface area contributed by atoms with E-state index in [0.717, 1.165) is 32.2 Å². The van der Waals surface area contributed by atoms with E-state index < -0.39 is 8.56 Å². The van der Waals surface area contributed by atoms with Crippen molar-refractivity contribution in [3.8, 4) is 0 Å². The van der Waals surface area contributed by atoms with Crippen LogP contribution < -0.4 is 5.73 Å². The molecule has 0 amide bonds. The fourth-order valence-corrected chi connectivity index (χ4v) is 7.57. The van der Waals surface area contributed by atoms with Gasteiger partial charge in [-0.2, -0.15) is 0 Å². The predicted molar refractivity (Wildman–Crippen MR) is 83.6 cm³/mol. The van der Waals surface area contributed by atoms with E-state index in [4.69, 9.17) is 14.6 Å². The smallest absolute Gasteiger partial charge is 0.341 e. The van der Waals surface area contributed by atoms with Crippen molar-refractivity contribution in [3.05, 3.63) is 0 Å². The number of rotatable bonds is 8. The molecule has 0 aliphatic heterocycles. The van der Waals surface area contributed by atoms with Gasteiger partial charge >= 0.3 is 8.56 Å². The van der Waals surface area contributed by atoms with E-state index in [9.17, 15) is 0 Å². The molecule has 1 fully saturated rings. The van der Waals surface area contributed by atoms with Crippen LogP contribution in [0.15, 0.2) is 0 Å². The molecule has 0 spiro atoms. The van der Waals surface area contributed by atoms with Crippen molar-refractivity contribution in [2.75, 3.05) is 19.8 Å². The third kappa shape index (κ3) is 5.54. The maximum absolute atomic E-state index is 6.27. The van der Waals surface area contributed by atoms with Crippen LogP contribution in [0.3, 0.4) is 0 Å². The monoisotopic (exact) mass is 287 g/mol. The van der Waals surface area contributed by atoms with Crippen molar-refractivity contribution in [2.45, 2.75) is 76.8 Å². The third-order valence-corrected chi connectivity index (χ3v) is 8.66. The van der Waals surface area contributed by atoms with Crippen LogP contribution in [0, 0.1) is 0 Å². The Kier molecular flexibility index (Phi) is 8.95. The van der Waals surface area contributed by atoms with E-state index in [1.54, 1.807) is 0 Å². The standard InChI is InChI=1S/C15H33NO2Si/c1-3-17-19(18-4-2,14-10-13-16)15-11-8-6-5-7-9-12-15/h15H,3-14,16H2,1-2H3. The normalized spacial score (nSPS) is 19.1. The first kappa shape index (κ1) is 17.1. The van der Waals surface area contributed by atoms with Crippen LogP contribution in [0.25, 0.3) is 0 Å². The first-order valence-corrected chi connectivity index (χ1v) is 10.4. The van der Waals surface area contributed by atoms with Crippen molar-refractivity contribution in [1.29, 1.82) is 0 Å². The highest BCUT2D eigenvalue weighted by molar-refractivity contribution is 6.69. The summed E-state index contributed by atoms with van der Waals surface area (Å²) in [4.78, 5) is 0. The van der Waals surface area contributed by atoms with Crippen molar-refractivity contribution >= 4 is 8.56 Å². The molecule has 0 aromatic carbocycles. The van der Waals surface area contributed by atoms with Crippen LogP contribution in [0.1, 0.15) is 65.2 Å². The summed E-state index contributed by atoms with van der Waals surface area (Å²) < 4.78 is 12.5. The van der Waals surface area contributed by atoms with Gasteiger partial charge in [-0.1, -0.05) is 32.1 Å². The van der Waals surface area contributed by atoms with E-state index in [-0.39, 0.29) is 0 Å². The van der Waals surface area contributed by atoms with Gasteiger partial charge in [0, 0.05) is 18.8 Å². The Morgan fingerprint density at radius 1 is 0.947 bits per heavy atom. The molecule has 0 heterocycles. The Bertz CT molecular complexity index is 212. The third-order valence-electron chi connectivity index (χ3n) is 4.23. The van der Waals surface area contributed by atoms with Crippen molar-refractivity contribution in [3.63, 3.8) is 0 Å². The number of nitrogens with two attached hydrogens (primary N) is 1. The maximum atomic E-state index is 6.27. The Morgan fingerprint density at radius 2 is 1.47 bits per heavy atom. The van der Waals surface area contributed by atoms with Gasteiger partial charge in [-0.15, -0.1) is 0 Å². The lowest BCUT2D eigenvalue weighted by atomic mass is 10.0. The summed E-state index contributed by atoms with van der Waals surface area (Å²) in [7, 11) is -2.05. The summed E-state index contributed by atoms with van der Waals surface area (Å²) in [5.41, 5.74) is 6.40. The molecule has 19 heavy (non-hydrogen) atoms. The molecule has 1 saturated carbocycles. The summed E-state index contributed by atoms with van der Waals surface area (Å²) in [6.07, 6.45) is 10.5. The van der Waals surface area contributed by atoms with Crippen LogP contribution >= 0.6 is 0 Å². The molecule has 0 atom stereocenters. The first-order chi connectivity index (χ1) is 9.29. The molecule has 2 N–H and O–H groups in total. The van der Waals surface area contributed by atoms with Crippen LogP contribution in [-0.2, 0) is 8.85 Å². The molecule has 1 rings (SSSR count). The summed E-state index contributed by atoms with van der Waals surface area (Å²) in [6.45, 7) is 6.53. The van der Waals surface area contributed by atoms with E-state index in [1.165, 1.54) is 44.9 Å². The van der Waals surface area contributed by atoms with Crippen molar-refractivity contribution in [2.24, 2.45) is 5.73 Å².